The molecular weight excluding hydrogens is 632 g/mol. The van der Waals surface area contributed by atoms with Crippen molar-refractivity contribution >= 4 is 51.6 Å². The maximum Gasteiger partial charge on any atom is 0.361 e. The van der Waals surface area contributed by atoms with Gasteiger partial charge < -0.3 is 24.3 Å². The van der Waals surface area contributed by atoms with Gasteiger partial charge in [0.15, 0.2) is 16.7 Å². The Kier molecular flexibility index (Phi) is 9.36. The number of thioether (sulfide) groups is 1. The number of nitrogens with zero attached hydrogens (tertiary/aromatic N) is 1. The Balaban J connectivity index is 1.62. The van der Waals surface area contributed by atoms with Crippen LogP contribution in [0.2, 0.25) is 0 Å². The zero-order valence-corrected chi connectivity index (χ0v) is 26.8. The quantitative estimate of drug-likeness (QED) is 0.162. The molecule has 2 aliphatic heterocycles. The first-order valence-corrected chi connectivity index (χ1v) is 15.9. The van der Waals surface area contributed by atoms with Crippen molar-refractivity contribution in [3.05, 3.63) is 59.2 Å². The average Bonchev–Trinajstić information content (AvgIpc) is 3.16. The van der Waals surface area contributed by atoms with Gasteiger partial charge in [-0.3, -0.25) is 28.6 Å². The molecule has 0 saturated carbocycles. The van der Waals surface area contributed by atoms with Crippen LogP contribution in [0.25, 0.3) is 0 Å². The van der Waals surface area contributed by atoms with Crippen molar-refractivity contribution in [2.24, 2.45) is 0 Å². The number of carbonyl (C=O) groups excluding carboxylic acids is 5. The van der Waals surface area contributed by atoms with Gasteiger partial charge in [-0.2, -0.15) is 8.42 Å². The molecule has 2 aromatic rings. The standard InChI is InChI=1S/C29H32N2O12S2/c1-15-12-20(42-16(2)32)21(43-17(3)33)13-19(15)23(45(37,38)39)24(34)30-22-25(35)31-26(22)44-28(4,5)29(31,40-6)27(36)41-14-18-10-8-7-9-11-18/h7-13,22-23,26H,14H2,1-6H3,(H,30,34)(H,37,38,39)/t22-,23?,26+,29+/m0/s1. The summed E-state index contributed by atoms with van der Waals surface area (Å²) < 4.78 is 55.5. The molecule has 2 saturated heterocycles. The van der Waals surface area contributed by atoms with Crippen LogP contribution in [0.3, 0.4) is 0 Å². The van der Waals surface area contributed by atoms with Crippen LogP contribution in [0, 0.1) is 6.92 Å². The number of benzene rings is 2. The van der Waals surface area contributed by atoms with E-state index in [1.54, 1.807) is 44.2 Å². The summed E-state index contributed by atoms with van der Waals surface area (Å²) in [5.74, 6) is -5.05. The third kappa shape index (κ3) is 6.27. The Hall–Kier alpha value is -3.99. The Morgan fingerprint density at radius 2 is 1.62 bits per heavy atom. The van der Waals surface area contributed by atoms with Gasteiger partial charge in [0.05, 0.1) is 4.75 Å². The lowest BCUT2D eigenvalue weighted by Crippen LogP contribution is -2.76. The second kappa shape index (κ2) is 12.4. The molecule has 45 heavy (non-hydrogen) atoms. The van der Waals surface area contributed by atoms with E-state index in [-0.39, 0.29) is 29.2 Å². The van der Waals surface area contributed by atoms with Crippen molar-refractivity contribution < 1.29 is 55.9 Å². The van der Waals surface area contributed by atoms with E-state index in [0.717, 1.165) is 36.6 Å². The molecule has 2 aromatic carbocycles. The summed E-state index contributed by atoms with van der Waals surface area (Å²) in [4.78, 5) is 64.9. The topological polar surface area (TPSA) is 192 Å². The van der Waals surface area contributed by atoms with Crippen LogP contribution in [-0.2, 0) is 50.2 Å². The zero-order chi connectivity index (χ0) is 33.5. The second-order valence-corrected chi connectivity index (χ2v) is 14.1. The number of ether oxygens (including phenoxy) is 4. The molecule has 2 fully saturated rings. The fourth-order valence-corrected chi connectivity index (χ4v) is 8.03. The lowest BCUT2D eigenvalue weighted by atomic mass is 9.91. The van der Waals surface area contributed by atoms with Crippen LogP contribution in [0.5, 0.6) is 11.5 Å². The molecule has 4 atom stereocenters. The molecule has 0 aromatic heterocycles. The van der Waals surface area contributed by atoms with Crippen LogP contribution in [0.4, 0.5) is 0 Å². The molecule has 2 N–H and O–H groups in total. The van der Waals surface area contributed by atoms with Crippen molar-refractivity contribution in [1.82, 2.24) is 10.2 Å². The Bertz CT molecular complexity index is 1660. The summed E-state index contributed by atoms with van der Waals surface area (Å²) >= 11 is 1.13. The summed E-state index contributed by atoms with van der Waals surface area (Å²) in [6.45, 7) is 6.78. The molecule has 0 spiro atoms. The average molecular weight is 665 g/mol. The first kappa shape index (κ1) is 33.9. The molecule has 0 radical (unpaired) electrons. The third-order valence-corrected chi connectivity index (χ3v) is 10.0. The molecule has 2 heterocycles. The van der Waals surface area contributed by atoms with Gasteiger partial charge in [0, 0.05) is 21.0 Å². The highest BCUT2D eigenvalue weighted by Gasteiger charge is 2.74. The minimum absolute atomic E-state index is 0.0809. The molecule has 0 bridgehead atoms. The Morgan fingerprint density at radius 1 is 1.04 bits per heavy atom. The number of hydrogen-bond acceptors (Lipinski definition) is 12. The molecule has 1 unspecified atom stereocenters. The van der Waals surface area contributed by atoms with Gasteiger partial charge in [0.1, 0.15) is 18.0 Å². The molecular formula is C29H32N2O12S2. The lowest BCUT2D eigenvalue weighted by molar-refractivity contribution is -0.216. The van der Waals surface area contributed by atoms with E-state index in [4.69, 9.17) is 18.9 Å². The molecule has 16 heteroatoms. The van der Waals surface area contributed by atoms with Crippen molar-refractivity contribution in [2.45, 2.75) is 68.4 Å². The van der Waals surface area contributed by atoms with Gasteiger partial charge in [0.25, 0.3) is 21.8 Å². The van der Waals surface area contributed by atoms with Crippen LogP contribution >= 0.6 is 11.8 Å². The number of carbonyl (C=O) groups is 5. The summed E-state index contributed by atoms with van der Waals surface area (Å²) in [6, 6.07) is 9.72. The van der Waals surface area contributed by atoms with Crippen molar-refractivity contribution in [3.63, 3.8) is 0 Å². The minimum Gasteiger partial charge on any atom is -0.457 e. The summed E-state index contributed by atoms with van der Waals surface area (Å²) in [6.07, 6.45) is 0. The minimum atomic E-state index is -5.18. The number of nitrogens with one attached hydrogen (secondary N) is 1. The fourth-order valence-electron chi connectivity index (χ4n) is 5.41. The molecule has 14 nitrogen and oxygen atoms in total. The summed E-state index contributed by atoms with van der Waals surface area (Å²) in [5.41, 5.74) is -1.39. The fraction of sp³-hybridized carbons (Fsp3) is 0.414. The summed E-state index contributed by atoms with van der Waals surface area (Å²) in [5, 5.41) is -0.762. The number of hydrogen-bond donors (Lipinski definition) is 2. The van der Waals surface area contributed by atoms with Gasteiger partial charge in [-0.15, -0.1) is 11.8 Å². The van der Waals surface area contributed by atoms with Gasteiger partial charge in [-0.25, -0.2) is 4.79 Å². The predicted octanol–water partition coefficient (Wildman–Crippen LogP) is 2.04. The highest BCUT2D eigenvalue weighted by Crippen LogP contribution is 2.57. The van der Waals surface area contributed by atoms with Crippen molar-refractivity contribution in [2.75, 3.05) is 7.11 Å². The van der Waals surface area contributed by atoms with Gasteiger partial charge >= 0.3 is 17.9 Å². The second-order valence-electron chi connectivity index (χ2n) is 10.9. The van der Waals surface area contributed by atoms with E-state index < -0.39 is 67.0 Å². The van der Waals surface area contributed by atoms with E-state index >= 15 is 0 Å². The smallest absolute Gasteiger partial charge is 0.361 e. The number of rotatable bonds is 10. The van der Waals surface area contributed by atoms with Crippen molar-refractivity contribution in [1.29, 1.82) is 0 Å². The van der Waals surface area contributed by atoms with Crippen molar-refractivity contribution in [3.8, 4) is 11.5 Å². The number of fused-ring (bicyclic) bond motifs is 1. The maximum absolute atomic E-state index is 13.5. The highest BCUT2D eigenvalue weighted by molar-refractivity contribution is 8.01. The number of β-lactam (4-membered cyclic amide) rings is 1. The number of esters is 3. The number of methoxy groups -OCH3 is 1. The van der Waals surface area contributed by atoms with E-state index in [2.05, 4.69) is 5.32 Å². The predicted molar refractivity (Wildman–Crippen MR) is 158 cm³/mol. The van der Waals surface area contributed by atoms with E-state index in [9.17, 15) is 36.9 Å². The van der Waals surface area contributed by atoms with Crippen LogP contribution < -0.4 is 14.8 Å². The van der Waals surface area contributed by atoms with Crippen LogP contribution in [0.15, 0.2) is 42.5 Å². The van der Waals surface area contributed by atoms with Gasteiger partial charge in [-0.1, -0.05) is 30.3 Å². The Morgan fingerprint density at radius 3 is 2.16 bits per heavy atom. The maximum atomic E-state index is 13.5. The van der Waals surface area contributed by atoms with E-state index in [1.165, 1.54) is 20.1 Å². The number of amides is 2. The van der Waals surface area contributed by atoms with Gasteiger partial charge in [-0.05, 0) is 49.6 Å². The first-order chi connectivity index (χ1) is 20.9. The molecule has 2 aliphatic rings. The molecule has 2 amide bonds. The zero-order valence-electron chi connectivity index (χ0n) is 25.2. The molecule has 0 aliphatic carbocycles. The van der Waals surface area contributed by atoms with Crippen LogP contribution in [0.1, 0.15) is 49.6 Å². The monoisotopic (exact) mass is 664 g/mol. The highest BCUT2D eigenvalue weighted by atomic mass is 32.2. The molecule has 242 valence electrons. The van der Waals surface area contributed by atoms with Gasteiger partial charge in [0.2, 0.25) is 5.91 Å². The van der Waals surface area contributed by atoms with E-state index in [1.807, 2.05) is 0 Å². The summed E-state index contributed by atoms with van der Waals surface area (Å²) in [7, 11) is -3.92. The lowest BCUT2D eigenvalue weighted by Gasteiger charge is -2.49. The first-order valence-electron chi connectivity index (χ1n) is 13.5. The normalized spacial score (nSPS) is 22.5. The van der Waals surface area contributed by atoms with Crippen LogP contribution in [-0.4, -0.2) is 76.6 Å². The van der Waals surface area contributed by atoms with E-state index in [0.29, 0.717) is 5.56 Å². The largest absolute Gasteiger partial charge is 0.457 e. The third-order valence-electron chi connectivity index (χ3n) is 7.35. The SMILES string of the molecule is CO[C@@]1(C(=O)OCc2ccccc2)N2C(=O)[C@H](NC(=O)C(c3cc(OC(C)=O)c(OC(C)=O)cc3C)S(=O)(=O)O)[C@H]2SC1(C)C. The number of aryl methyl sites for hydroxylation is 1. The molecule has 4 rings (SSSR count). The Labute approximate surface area is 263 Å².